The van der Waals surface area contributed by atoms with E-state index < -0.39 is 7.82 Å². The summed E-state index contributed by atoms with van der Waals surface area (Å²) < 4.78 is 8.88. The van der Waals surface area contributed by atoms with Gasteiger partial charge < -0.3 is 20.2 Å². The van der Waals surface area contributed by atoms with Gasteiger partial charge >= 0.3 is 7.82 Å². The van der Waals surface area contributed by atoms with Crippen molar-refractivity contribution >= 4 is 7.82 Å². The Morgan fingerprint density at radius 2 is 1.14 bits per heavy atom. The fourth-order valence-corrected chi connectivity index (χ4v) is 0. The number of hydrogen-bond acceptors (Lipinski definition) is 1. The molecule has 0 rings (SSSR count). The predicted octanol–water partition coefficient (Wildman–Crippen LogP) is -1.76. The molecule has 0 aromatic rings. The van der Waals surface area contributed by atoms with E-state index in [0.717, 1.165) is 0 Å². The van der Waals surface area contributed by atoms with Crippen LogP contribution in [0.1, 0.15) is 0 Å². The molecule has 0 fully saturated rings. The van der Waals surface area contributed by atoms with Crippen LogP contribution in [0.5, 0.6) is 0 Å². The quantitative estimate of drug-likeness (QED) is 0.296. The maximum Gasteiger partial charge on any atom is 0.466 e. The van der Waals surface area contributed by atoms with Crippen LogP contribution in [0.4, 0.5) is 0 Å². The van der Waals surface area contributed by atoms with Gasteiger partial charge in [-0.25, -0.2) is 4.57 Å². The molecule has 1 radical (unpaired) electrons. The Balaban J connectivity index is -0.0000000800. The molecule has 0 amide bonds. The molecule has 5 N–H and O–H groups in total. The summed E-state index contributed by atoms with van der Waals surface area (Å²) in [7, 11) is -4.64. The van der Waals surface area contributed by atoms with Crippen molar-refractivity contribution in [2.24, 2.45) is 0 Å². The molecule has 0 saturated carbocycles. The van der Waals surface area contributed by atoms with Crippen LogP contribution in [0.2, 0.25) is 0 Å². The fraction of sp³-hybridized carbons (Fsp3) is 0. The minimum absolute atomic E-state index is 0. The Bertz CT molecular complexity index is 54.2. The summed E-state index contributed by atoms with van der Waals surface area (Å²) >= 11 is 0. The zero-order valence-corrected chi connectivity index (χ0v) is 5.15. The molecule has 0 aliphatic carbocycles. The summed E-state index contributed by atoms with van der Waals surface area (Å²) in [5.41, 5.74) is 0. The Hall–Kier alpha value is 0.589. The van der Waals surface area contributed by atoms with Crippen molar-refractivity contribution in [1.29, 1.82) is 0 Å². The number of rotatable bonds is 0. The van der Waals surface area contributed by atoms with Crippen molar-refractivity contribution in [1.82, 2.24) is 0 Å². The first-order chi connectivity index (χ1) is 2.00. The van der Waals surface area contributed by atoms with Gasteiger partial charge in [-0.05, 0) is 0 Å². The van der Waals surface area contributed by atoms with Crippen LogP contribution in [-0.2, 0) is 21.6 Å². The summed E-state index contributed by atoms with van der Waals surface area (Å²) in [5.74, 6) is 0. The van der Waals surface area contributed by atoms with Crippen molar-refractivity contribution < 1.29 is 41.8 Å². The standard InChI is InChI=1S/Mn.H3O4P.H2O/c;1-5(2,3)4;/h;(H3,1,2,3,4);1H2. The zero-order chi connectivity index (χ0) is 4.50. The van der Waals surface area contributed by atoms with Gasteiger partial charge in [-0.1, -0.05) is 0 Å². The average molecular weight is 171 g/mol. The van der Waals surface area contributed by atoms with E-state index in [-0.39, 0.29) is 22.5 Å². The Morgan fingerprint density at radius 1 is 1.14 bits per heavy atom. The second kappa shape index (κ2) is 4.74. The first kappa shape index (κ1) is 15.6. The van der Waals surface area contributed by atoms with Gasteiger partial charge in [0, 0.05) is 17.1 Å². The Kier molecular flexibility index (Phi) is 10.6. The van der Waals surface area contributed by atoms with Gasteiger partial charge in [-0.15, -0.1) is 0 Å². The monoisotopic (exact) mass is 171 g/mol. The third kappa shape index (κ3) is 399. The molecule has 47 valence electrons. The molecular weight excluding hydrogens is 166 g/mol. The van der Waals surface area contributed by atoms with Gasteiger partial charge in [0.05, 0.1) is 0 Å². The van der Waals surface area contributed by atoms with E-state index in [9.17, 15) is 0 Å². The summed E-state index contributed by atoms with van der Waals surface area (Å²) in [6.45, 7) is 0. The molecule has 5 nitrogen and oxygen atoms in total. The van der Waals surface area contributed by atoms with Crippen molar-refractivity contribution in [2.75, 3.05) is 0 Å². The molecule has 0 unspecified atom stereocenters. The zero-order valence-electron chi connectivity index (χ0n) is 3.08. The van der Waals surface area contributed by atoms with Gasteiger partial charge in [0.25, 0.3) is 0 Å². The smallest absolute Gasteiger partial charge is 0.412 e. The van der Waals surface area contributed by atoms with E-state index in [2.05, 4.69) is 0 Å². The maximum atomic E-state index is 8.88. The SMILES string of the molecule is O.O=P(O)(O)O.[Mn]. The second-order valence-corrected chi connectivity index (χ2v) is 1.54. The van der Waals surface area contributed by atoms with Gasteiger partial charge in [-0.3, -0.25) is 0 Å². The van der Waals surface area contributed by atoms with Gasteiger partial charge in [0.15, 0.2) is 0 Å². The molecule has 0 spiro atoms. The first-order valence-electron chi connectivity index (χ1n) is 0.783. The largest absolute Gasteiger partial charge is 0.466 e. The van der Waals surface area contributed by atoms with Crippen LogP contribution in [-0.4, -0.2) is 20.2 Å². The second-order valence-electron chi connectivity index (χ2n) is 0.513. The van der Waals surface area contributed by atoms with E-state index in [0.29, 0.717) is 0 Å². The average Bonchev–Trinajstić information content (AvgIpc) is 0.722. The van der Waals surface area contributed by atoms with E-state index in [1.165, 1.54) is 0 Å². The molecular formula is H5MnO5P. The topological polar surface area (TPSA) is 109 Å². The van der Waals surface area contributed by atoms with Crippen LogP contribution in [0.25, 0.3) is 0 Å². The van der Waals surface area contributed by atoms with E-state index >= 15 is 0 Å². The van der Waals surface area contributed by atoms with Crippen LogP contribution in [0.3, 0.4) is 0 Å². The molecule has 0 atom stereocenters. The molecule has 0 saturated heterocycles. The fourth-order valence-electron chi connectivity index (χ4n) is 0. The molecule has 0 aromatic carbocycles. The van der Waals surface area contributed by atoms with E-state index in [1.54, 1.807) is 0 Å². The van der Waals surface area contributed by atoms with Crippen molar-refractivity contribution in [3.05, 3.63) is 0 Å². The van der Waals surface area contributed by atoms with Crippen LogP contribution in [0.15, 0.2) is 0 Å². The molecule has 7 heavy (non-hydrogen) atoms. The molecule has 7 heteroatoms. The Morgan fingerprint density at radius 3 is 1.14 bits per heavy atom. The minimum Gasteiger partial charge on any atom is -0.412 e. The first-order valence-corrected chi connectivity index (χ1v) is 2.35. The van der Waals surface area contributed by atoms with Crippen molar-refractivity contribution in [3.63, 3.8) is 0 Å². The molecule has 0 bridgehead atoms. The minimum atomic E-state index is -4.64. The van der Waals surface area contributed by atoms with E-state index in [1.807, 2.05) is 0 Å². The van der Waals surface area contributed by atoms with Crippen LogP contribution >= 0.6 is 7.82 Å². The van der Waals surface area contributed by atoms with E-state index in [4.69, 9.17) is 19.2 Å². The third-order valence-corrected chi connectivity index (χ3v) is 0. The number of phosphoric acid groups is 1. The van der Waals surface area contributed by atoms with Crippen molar-refractivity contribution in [3.8, 4) is 0 Å². The molecule has 0 aliphatic heterocycles. The summed E-state index contributed by atoms with van der Waals surface area (Å²) in [4.78, 5) is 21.6. The van der Waals surface area contributed by atoms with Crippen LogP contribution < -0.4 is 0 Å². The summed E-state index contributed by atoms with van der Waals surface area (Å²) in [6, 6.07) is 0. The normalized spacial score (nSPS) is 8.43. The maximum absolute atomic E-state index is 8.88. The summed E-state index contributed by atoms with van der Waals surface area (Å²) in [5, 5.41) is 0. The van der Waals surface area contributed by atoms with Crippen molar-refractivity contribution in [2.45, 2.75) is 0 Å². The van der Waals surface area contributed by atoms with Gasteiger partial charge in [-0.2, -0.15) is 0 Å². The summed E-state index contributed by atoms with van der Waals surface area (Å²) in [6.07, 6.45) is 0. The molecule has 0 heterocycles. The number of hydrogen-bond donors (Lipinski definition) is 3. The predicted molar refractivity (Wildman–Crippen MR) is 17.9 cm³/mol. The molecule has 0 aliphatic rings. The third-order valence-electron chi connectivity index (χ3n) is 0. The van der Waals surface area contributed by atoms with Gasteiger partial charge in [0.2, 0.25) is 0 Å². The molecule has 0 aromatic heterocycles. The van der Waals surface area contributed by atoms with Gasteiger partial charge in [0.1, 0.15) is 0 Å². The van der Waals surface area contributed by atoms with Crippen LogP contribution in [0, 0.1) is 0 Å². The Labute approximate surface area is 50.4 Å².